The molecule has 0 unspecified atom stereocenters. The maximum Gasteiger partial charge on any atom is 0.321 e. The highest BCUT2D eigenvalue weighted by Gasteiger charge is 2.21. The third kappa shape index (κ3) is 5.43. The number of aliphatic carboxylic acids is 1. The van der Waals surface area contributed by atoms with Gasteiger partial charge in [-0.25, -0.2) is 5.14 Å². The molecule has 94 valence electrons. The Morgan fingerprint density at radius 2 is 1.94 bits per heavy atom. The first kappa shape index (κ1) is 13.6. The van der Waals surface area contributed by atoms with Crippen molar-refractivity contribution in [2.45, 2.75) is 18.9 Å². The largest absolute Gasteiger partial charge is 0.480 e. The fourth-order valence-electron chi connectivity index (χ4n) is 1.39. The monoisotopic (exact) mass is 258 g/mol. The van der Waals surface area contributed by atoms with E-state index in [4.69, 9.17) is 10.2 Å². The number of carbonyl (C=O) groups is 1. The van der Waals surface area contributed by atoms with Gasteiger partial charge in [-0.1, -0.05) is 30.3 Å². The van der Waals surface area contributed by atoms with Crippen LogP contribution >= 0.6 is 0 Å². The maximum atomic E-state index is 10.8. The Morgan fingerprint density at radius 1 is 1.35 bits per heavy atom. The molecule has 1 aromatic rings. The summed E-state index contributed by atoms with van der Waals surface area (Å²) in [5.74, 6) is -1.24. The molecule has 1 aromatic carbocycles. The number of hydrogen-bond acceptors (Lipinski definition) is 3. The highest BCUT2D eigenvalue weighted by atomic mass is 32.2. The zero-order valence-corrected chi connectivity index (χ0v) is 9.85. The van der Waals surface area contributed by atoms with Crippen LogP contribution in [0.5, 0.6) is 0 Å². The van der Waals surface area contributed by atoms with Crippen LogP contribution in [0.15, 0.2) is 30.3 Å². The van der Waals surface area contributed by atoms with Gasteiger partial charge in [0, 0.05) is 0 Å². The van der Waals surface area contributed by atoms with Gasteiger partial charge in [-0.2, -0.15) is 13.1 Å². The average Bonchev–Trinajstić information content (AvgIpc) is 2.24. The molecule has 1 rings (SSSR count). The van der Waals surface area contributed by atoms with E-state index in [1.807, 2.05) is 35.1 Å². The second-order valence-corrected chi connectivity index (χ2v) is 4.90. The summed E-state index contributed by atoms with van der Waals surface area (Å²) in [6.45, 7) is 0. The summed E-state index contributed by atoms with van der Waals surface area (Å²) in [4.78, 5) is 10.8. The lowest BCUT2D eigenvalue weighted by Gasteiger charge is -2.12. The molecule has 0 aromatic heterocycles. The molecular formula is C10H14N2O4S. The number of rotatable bonds is 6. The molecule has 0 spiro atoms. The molecule has 0 aliphatic rings. The van der Waals surface area contributed by atoms with E-state index in [2.05, 4.69) is 0 Å². The zero-order chi connectivity index (χ0) is 12.9. The number of hydrogen-bond donors (Lipinski definition) is 3. The van der Waals surface area contributed by atoms with Crippen LogP contribution in [0.1, 0.15) is 12.0 Å². The smallest absolute Gasteiger partial charge is 0.321 e. The van der Waals surface area contributed by atoms with E-state index >= 15 is 0 Å². The predicted molar refractivity (Wildman–Crippen MR) is 62.4 cm³/mol. The van der Waals surface area contributed by atoms with Crippen LogP contribution in [0, 0.1) is 0 Å². The first-order chi connectivity index (χ1) is 7.88. The van der Waals surface area contributed by atoms with Gasteiger partial charge < -0.3 is 5.11 Å². The van der Waals surface area contributed by atoms with Crippen molar-refractivity contribution in [3.63, 3.8) is 0 Å². The molecular weight excluding hydrogens is 244 g/mol. The van der Waals surface area contributed by atoms with Gasteiger partial charge in [0.1, 0.15) is 6.04 Å². The molecule has 6 nitrogen and oxygen atoms in total. The lowest BCUT2D eigenvalue weighted by atomic mass is 10.1. The van der Waals surface area contributed by atoms with Crippen LogP contribution in [0.3, 0.4) is 0 Å². The number of nitrogens with two attached hydrogens (primary N) is 1. The Morgan fingerprint density at radius 3 is 2.41 bits per heavy atom. The van der Waals surface area contributed by atoms with E-state index in [1.165, 1.54) is 0 Å². The zero-order valence-electron chi connectivity index (χ0n) is 9.04. The number of carboxylic acid groups (broad SMARTS) is 1. The summed E-state index contributed by atoms with van der Waals surface area (Å²) in [5, 5.41) is 13.6. The topological polar surface area (TPSA) is 109 Å². The van der Waals surface area contributed by atoms with Gasteiger partial charge in [0.05, 0.1) is 0 Å². The van der Waals surface area contributed by atoms with Crippen molar-refractivity contribution in [2.75, 3.05) is 0 Å². The van der Waals surface area contributed by atoms with Gasteiger partial charge in [-0.05, 0) is 18.4 Å². The molecule has 0 saturated carbocycles. The molecule has 7 heteroatoms. The van der Waals surface area contributed by atoms with Crippen LogP contribution in [0.4, 0.5) is 0 Å². The number of carboxylic acids is 1. The first-order valence-electron chi connectivity index (χ1n) is 4.95. The Labute approximate surface area is 99.6 Å². The van der Waals surface area contributed by atoms with Gasteiger partial charge in [0.15, 0.2) is 0 Å². The summed E-state index contributed by atoms with van der Waals surface area (Å²) in [7, 11) is -4.00. The Balaban J connectivity index is 2.60. The lowest BCUT2D eigenvalue weighted by Crippen LogP contribution is -2.44. The van der Waals surface area contributed by atoms with Crippen molar-refractivity contribution < 1.29 is 18.3 Å². The van der Waals surface area contributed by atoms with Crippen molar-refractivity contribution in [3.8, 4) is 0 Å². The molecule has 0 aliphatic heterocycles. The molecule has 1 atom stereocenters. The van der Waals surface area contributed by atoms with Crippen molar-refractivity contribution in [2.24, 2.45) is 5.14 Å². The minimum absolute atomic E-state index is 0.149. The van der Waals surface area contributed by atoms with Crippen LogP contribution in [-0.2, 0) is 21.4 Å². The van der Waals surface area contributed by atoms with Gasteiger partial charge in [0.25, 0.3) is 10.2 Å². The molecule has 0 bridgehead atoms. The predicted octanol–water partition coefficient (Wildman–Crippen LogP) is -0.134. The molecule has 0 saturated heterocycles. The van der Waals surface area contributed by atoms with Crippen molar-refractivity contribution in [1.82, 2.24) is 4.72 Å². The quantitative estimate of drug-likeness (QED) is 0.660. The van der Waals surface area contributed by atoms with Gasteiger partial charge >= 0.3 is 5.97 Å². The van der Waals surface area contributed by atoms with Crippen molar-refractivity contribution >= 4 is 16.2 Å². The Bertz CT molecular complexity index is 472. The minimum atomic E-state index is -4.00. The summed E-state index contributed by atoms with van der Waals surface area (Å²) >= 11 is 0. The molecule has 4 N–H and O–H groups in total. The fourth-order valence-corrected chi connectivity index (χ4v) is 2.00. The SMILES string of the molecule is NS(=O)(=O)N[C@@H](CCc1ccccc1)C(=O)O. The lowest BCUT2D eigenvalue weighted by molar-refractivity contribution is -0.139. The standard InChI is InChI=1S/C10H14N2O4S/c11-17(15,16)12-9(10(13)14)7-6-8-4-2-1-3-5-8/h1-5,9,12H,6-7H2,(H,13,14)(H2,11,15,16)/t9-/m0/s1. The van der Waals surface area contributed by atoms with Crippen LogP contribution in [0.25, 0.3) is 0 Å². The number of benzene rings is 1. The molecule has 0 fully saturated rings. The molecule has 0 heterocycles. The van der Waals surface area contributed by atoms with E-state index in [0.29, 0.717) is 6.42 Å². The Hall–Kier alpha value is -1.44. The van der Waals surface area contributed by atoms with Crippen LogP contribution in [0.2, 0.25) is 0 Å². The second kappa shape index (κ2) is 5.76. The fraction of sp³-hybridized carbons (Fsp3) is 0.300. The summed E-state index contributed by atoms with van der Waals surface area (Å²) in [6.07, 6.45) is 0.607. The van der Waals surface area contributed by atoms with Crippen LogP contribution < -0.4 is 9.86 Å². The summed E-state index contributed by atoms with van der Waals surface area (Å²) in [5.41, 5.74) is 0.940. The second-order valence-electron chi connectivity index (χ2n) is 3.58. The van der Waals surface area contributed by atoms with E-state index in [1.54, 1.807) is 0 Å². The highest BCUT2D eigenvalue weighted by Crippen LogP contribution is 2.05. The van der Waals surface area contributed by atoms with Gasteiger partial charge in [0.2, 0.25) is 0 Å². The van der Waals surface area contributed by atoms with Crippen LogP contribution in [-0.4, -0.2) is 25.5 Å². The molecule has 0 radical (unpaired) electrons. The van der Waals surface area contributed by atoms with Gasteiger partial charge in [-0.15, -0.1) is 0 Å². The molecule has 0 amide bonds. The van der Waals surface area contributed by atoms with E-state index in [0.717, 1.165) is 5.56 Å². The van der Waals surface area contributed by atoms with E-state index in [-0.39, 0.29) is 6.42 Å². The Kier molecular flexibility index (Phi) is 4.62. The average molecular weight is 258 g/mol. The summed E-state index contributed by atoms with van der Waals surface area (Å²) in [6, 6.07) is 7.99. The number of nitrogens with one attached hydrogen (secondary N) is 1. The molecule has 0 aliphatic carbocycles. The normalized spacial score (nSPS) is 13.2. The molecule has 17 heavy (non-hydrogen) atoms. The van der Waals surface area contributed by atoms with E-state index < -0.39 is 22.2 Å². The minimum Gasteiger partial charge on any atom is -0.480 e. The van der Waals surface area contributed by atoms with Crippen molar-refractivity contribution in [3.05, 3.63) is 35.9 Å². The van der Waals surface area contributed by atoms with E-state index in [9.17, 15) is 13.2 Å². The maximum absolute atomic E-state index is 10.8. The van der Waals surface area contributed by atoms with Crippen molar-refractivity contribution in [1.29, 1.82) is 0 Å². The van der Waals surface area contributed by atoms with Gasteiger partial charge in [-0.3, -0.25) is 4.79 Å². The third-order valence-corrected chi connectivity index (χ3v) is 2.78. The third-order valence-electron chi connectivity index (χ3n) is 2.17. The highest BCUT2D eigenvalue weighted by molar-refractivity contribution is 7.87. The summed E-state index contributed by atoms with van der Waals surface area (Å²) < 4.78 is 23.4. The number of aryl methyl sites for hydroxylation is 1. The first-order valence-corrected chi connectivity index (χ1v) is 6.50.